The van der Waals surface area contributed by atoms with Crippen molar-refractivity contribution < 1.29 is 4.79 Å². The Hall–Kier alpha value is -3.45. The molecule has 140 valence electrons. The molecular formula is C20H16ClN5O2. The van der Waals surface area contributed by atoms with Gasteiger partial charge in [-0.05, 0) is 23.8 Å². The highest BCUT2D eigenvalue weighted by Crippen LogP contribution is 2.18. The van der Waals surface area contributed by atoms with E-state index in [1.165, 1.54) is 4.52 Å². The first-order chi connectivity index (χ1) is 13.6. The van der Waals surface area contributed by atoms with Crippen molar-refractivity contribution in [3.63, 3.8) is 0 Å². The minimum Gasteiger partial charge on any atom is -0.352 e. The number of amides is 1. The molecule has 0 aliphatic heterocycles. The van der Waals surface area contributed by atoms with Gasteiger partial charge in [-0.1, -0.05) is 54.1 Å². The molecule has 7 nitrogen and oxygen atoms in total. The van der Waals surface area contributed by atoms with E-state index in [0.29, 0.717) is 28.6 Å². The number of carbonyl (C=O) groups excluding carboxylic acids is 1. The quantitative estimate of drug-likeness (QED) is 0.545. The van der Waals surface area contributed by atoms with E-state index in [9.17, 15) is 9.59 Å². The van der Waals surface area contributed by atoms with Crippen LogP contribution in [0.2, 0.25) is 5.02 Å². The predicted octanol–water partition coefficient (Wildman–Crippen LogP) is 2.60. The summed E-state index contributed by atoms with van der Waals surface area (Å²) in [6.07, 6.45) is -0.0171. The van der Waals surface area contributed by atoms with Crippen LogP contribution in [-0.2, 0) is 17.8 Å². The average Bonchev–Trinajstić information content (AvgIpc) is 3.17. The molecule has 1 amide bonds. The van der Waals surface area contributed by atoms with Crippen molar-refractivity contribution in [3.8, 4) is 11.3 Å². The van der Waals surface area contributed by atoms with E-state index in [1.54, 1.807) is 18.2 Å². The molecule has 4 aromatic rings. The van der Waals surface area contributed by atoms with Gasteiger partial charge in [0.15, 0.2) is 5.82 Å². The second kappa shape index (κ2) is 7.66. The summed E-state index contributed by atoms with van der Waals surface area (Å²) >= 11 is 5.86. The van der Waals surface area contributed by atoms with Crippen LogP contribution < -0.4 is 10.9 Å². The van der Waals surface area contributed by atoms with Crippen LogP contribution in [0.25, 0.3) is 16.8 Å². The monoisotopic (exact) mass is 393 g/mol. The standard InChI is InChI=1S/C20H16ClN5O2/c21-15-8-6-13(7-9-15)12-22-19(27)11-18-23-24-20(28)17-10-16(25-26(17)18)14-4-2-1-3-5-14/h1-10H,11-12H2,(H,22,27)(H,24,28). The largest absolute Gasteiger partial charge is 0.352 e. The molecular weight excluding hydrogens is 378 g/mol. The van der Waals surface area contributed by atoms with Crippen molar-refractivity contribution >= 4 is 23.0 Å². The van der Waals surface area contributed by atoms with Crippen molar-refractivity contribution in [1.82, 2.24) is 25.1 Å². The molecule has 0 unspecified atom stereocenters. The third kappa shape index (κ3) is 3.79. The summed E-state index contributed by atoms with van der Waals surface area (Å²) in [5, 5.41) is 14.4. The van der Waals surface area contributed by atoms with Crippen LogP contribution in [0.1, 0.15) is 11.4 Å². The van der Waals surface area contributed by atoms with Crippen LogP contribution in [0.3, 0.4) is 0 Å². The summed E-state index contributed by atoms with van der Waals surface area (Å²) in [5.41, 5.74) is 2.43. The fourth-order valence-electron chi connectivity index (χ4n) is 2.83. The number of aromatic nitrogens is 4. The van der Waals surface area contributed by atoms with Gasteiger partial charge in [0.1, 0.15) is 5.52 Å². The summed E-state index contributed by atoms with van der Waals surface area (Å²) in [4.78, 5) is 24.5. The Morgan fingerprint density at radius 1 is 1.11 bits per heavy atom. The number of hydrogen-bond donors (Lipinski definition) is 2. The van der Waals surface area contributed by atoms with Crippen LogP contribution in [0.4, 0.5) is 0 Å². The topological polar surface area (TPSA) is 92.2 Å². The van der Waals surface area contributed by atoms with Gasteiger partial charge in [0, 0.05) is 17.1 Å². The highest BCUT2D eigenvalue weighted by atomic mass is 35.5. The zero-order chi connectivity index (χ0) is 19.5. The van der Waals surface area contributed by atoms with Gasteiger partial charge in [0.25, 0.3) is 5.56 Å². The Morgan fingerprint density at radius 2 is 1.86 bits per heavy atom. The van der Waals surface area contributed by atoms with Crippen molar-refractivity contribution in [1.29, 1.82) is 0 Å². The molecule has 0 aliphatic rings. The zero-order valence-electron chi connectivity index (χ0n) is 14.7. The number of benzene rings is 2. The van der Waals surface area contributed by atoms with Gasteiger partial charge in [-0.3, -0.25) is 9.59 Å². The first-order valence-corrected chi connectivity index (χ1v) is 9.02. The highest BCUT2D eigenvalue weighted by Gasteiger charge is 2.14. The van der Waals surface area contributed by atoms with Crippen molar-refractivity contribution in [2.75, 3.05) is 0 Å². The number of rotatable bonds is 5. The Bertz CT molecular complexity index is 1180. The van der Waals surface area contributed by atoms with Gasteiger partial charge in [0.2, 0.25) is 5.91 Å². The molecule has 2 aromatic carbocycles. The maximum Gasteiger partial charge on any atom is 0.290 e. The van der Waals surface area contributed by atoms with Crippen LogP contribution in [0, 0.1) is 0 Å². The van der Waals surface area contributed by atoms with Gasteiger partial charge in [-0.2, -0.15) is 10.2 Å². The molecule has 0 aliphatic carbocycles. The number of hydrogen-bond acceptors (Lipinski definition) is 4. The summed E-state index contributed by atoms with van der Waals surface area (Å²) < 4.78 is 1.42. The second-order valence-corrected chi connectivity index (χ2v) is 6.68. The number of nitrogens with zero attached hydrogens (tertiary/aromatic N) is 3. The van der Waals surface area contributed by atoms with Crippen molar-refractivity contribution in [2.45, 2.75) is 13.0 Å². The molecule has 4 rings (SSSR count). The van der Waals surface area contributed by atoms with Crippen LogP contribution in [-0.4, -0.2) is 25.7 Å². The SMILES string of the molecule is O=C(Cc1n[nH]c(=O)c2cc(-c3ccccc3)nn12)NCc1ccc(Cl)cc1. The Morgan fingerprint density at radius 3 is 2.61 bits per heavy atom. The van der Waals surface area contributed by atoms with E-state index in [1.807, 2.05) is 42.5 Å². The number of halogens is 1. The van der Waals surface area contributed by atoms with Crippen molar-refractivity contribution in [2.24, 2.45) is 0 Å². The third-order valence-corrected chi connectivity index (χ3v) is 4.52. The molecule has 8 heteroatoms. The number of aromatic amines is 1. The first-order valence-electron chi connectivity index (χ1n) is 8.64. The maximum absolute atomic E-state index is 12.3. The summed E-state index contributed by atoms with van der Waals surface area (Å²) in [6, 6.07) is 18.4. The van der Waals surface area contributed by atoms with E-state index in [4.69, 9.17) is 11.6 Å². The molecule has 2 N–H and O–H groups in total. The normalized spacial score (nSPS) is 10.9. The van der Waals surface area contributed by atoms with Crippen LogP contribution >= 0.6 is 11.6 Å². The van der Waals surface area contributed by atoms with Crippen LogP contribution in [0.5, 0.6) is 0 Å². The lowest BCUT2D eigenvalue weighted by atomic mass is 10.1. The number of fused-ring (bicyclic) bond motifs is 1. The molecule has 0 atom stereocenters. The Labute approximate surface area is 165 Å². The van der Waals surface area contributed by atoms with Crippen molar-refractivity contribution in [3.05, 3.63) is 87.4 Å². The number of carbonyl (C=O) groups is 1. The predicted molar refractivity (Wildman–Crippen MR) is 106 cm³/mol. The lowest BCUT2D eigenvalue weighted by Crippen LogP contribution is -2.27. The molecule has 0 spiro atoms. The molecule has 0 radical (unpaired) electrons. The molecule has 2 heterocycles. The Kier molecular flexibility index (Phi) is 4.90. The van der Waals surface area contributed by atoms with E-state index in [-0.39, 0.29) is 17.9 Å². The number of H-pyrrole nitrogens is 1. The molecule has 28 heavy (non-hydrogen) atoms. The minimum atomic E-state index is -0.361. The molecule has 2 aromatic heterocycles. The third-order valence-electron chi connectivity index (χ3n) is 4.26. The van der Waals surface area contributed by atoms with Gasteiger partial charge in [-0.15, -0.1) is 0 Å². The fourth-order valence-corrected chi connectivity index (χ4v) is 2.96. The molecule has 0 bridgehead atoms. The zero-order valence-corrected chi connectivity index (χ0v) is 15.5. The van der Waals surface area contributed by atoms with Gasteiger partial charge in [-0.25, -0.2) is 9.61 Å². The lowest BCUT2D eigenvalue weighted by Gasteiger charge is -2.06. The minimum absolute atomic E-state index is 0.0171. The van der Waals surface area contributed by atoms with E-state index in [0.717, 1.165) is 11.1 Å². The summed E-state index contributed by atoms with van der Waals surface area (Å²) in [7, 11) is 0. The van der Waals surface area contributed by atoms with E-state index >= 15 is 0 Å². The van der Waals surface area contributed by atoms with Crippen LogP contribution in [0.15, 0.2) is 65.5 Å². The summed E-state index contributed by atoms with van der Waals surface area (Å²) in [5.74, 6) is 0.123. The second-order valence-electron chi connectivity index (χ2n) is 6.24. The fraction of sp³-hybridized carbons (Fsp3) is 0.100. The lowest BCUT2D eigenvalue weighted by molar-refractivity contribution is -0.120. The first kappa shape index (κ1) is 17.9. The average molecular weight is 394 g/mol. The van der Waals surface area contributed by atoms with Gasteiger partial charge in [0.05, 0.1) is 12.1 Å². The molecule has 0 saturated heterocycles. The Balaban J connectivity index is 1.55. The smallest absolute Gasteiger partial charge is 0.290 e. The highest BCUT2D eigenvalue weighted by molar-refractivity contribution is 6.30. The van der Waals surface area contributed by atoms with Gasteiger partial charge < -0.3 is 5.32 Å². The van der Waals surface area contributed by atoms with E-state index in [2.05, 4.69) is 20.6 Å². The van der Waals surface area contributed by atoms with E-state index < -0.39 is 0 Å². The molecule has 0 saturated carbocycles. The number of nitrogens with one attached hydrogen (secondary N) is 2. The summed E-state index contributed by atoms with van der Waals surface area (Å²) in [6.45, 7) is 0.372. The molecule has 0 fully saturated rings. The van der Waals surface area contributed by atoms with Gasteiger partial charge >= 0.3 is 0 Å². The maximum atomic E-state index is 12.3.